The molecule has 0 spiro atoms. The van der Waals surface area contributed by atoms with E-state index in [1.807, 2.05) is 0 Å². The normalized spacial score (nSPS) is 29.1. The Morgan fingerprint density at radius 1 is 1.25 bits per heavy atom. The third-order valence-electron chi connectivity index (χ3n) is 3.65. The van der Waals surface area contributed by atoms with E-state index in [4.69, 9.17) is 0 Å². The van der Waals surface area contributed by atoms with Crippen LogP contribution in [-0.2, 0) is 0 Å². The van der Waals surface area contributed by atoms with Gasteiger partial charge >= 0.3 is 6.18 Å². The van der Waals surface area contributed by atoms with Crippen molar-refractivity contribution in [3.05, 3.63) is 0 Å². The Balaban J connectivity index is 2.63. The molecule has 0 aromatic heterocycles. The molecule has 16 heavy (non-hydrogen) atoms. The van der Waals surface area contributed by atoms with Gasteiger partial charge in [0, 0.05) is 0 Å². The van der Waals surface area contributed by atoms with Crippen molar-refractivity contribution in [3.63, 3.8) is 0 Å². The Kier molecular flexibility index (Phi) is 5.09. The summed E-state index contributed by atoms with van der Waals surface area (Å²) in [7, 11) is 0. The first-order chi connectivity index (χ1) is 7.49. The molecule has 1 fully saturated rings. The van der Waals surface area contributed by atoms with Crippen molar-refractivity contribution in [2.45, 2.75) is 58.2 Å². The third kappa shape index (κ3) is 3.65. The zero-order valence-corrected chi connectivity index (χ0v) is 10.1. The lowest BCUT2D eigenvalue weighted by molar-refractivity contribution is -0.171. The van der Waals surface area contributed by atoms with Gasteiger partial charge in [-0.05, 0) is 31.2 Å². The fraction of sp³-hybridized carbons (Fsp3) is 1.00. The molecule has 1 rings (SSSR count). The Labute approximate surface area is 95.8 Å². The molecular weight excluding hydrogens is 215 g/mol. The molecule has 4 heteroatoms. The molecule has 3 atom stereocenters. The van der Waals surface area contributed by atoms with Crippen LogP contribution in [0.15, 0.2) is 0 Å². The first-order valence-corrected chi connectivity index (χ1v) is 6.29. The number of halogens is 3. The average Bonchev–Trinajstić information content (AvgIpc) is 2.24. The molecule has 0 aromatic carbocycles. The topological polar surface area (TPSA) is 12.0 Å². The van der Waals surface area contributed by atoms with Crippen molar-refractivity contribution < 1.29 is 13.2 Å². The van der Waals surface area contributed by atoms with E-state index < -0.39 is 12.2 Å². The van der Waals surface area contributed by atoms with E-state index in [9.17, 15) is 13.2 Å². The molecule has 1 N–H and O–H groups in total. The summed E-state index contributed by atoms with van der Waals surface area (Å²) in [6, 6.07) is -1.30. The van der Waals surface area contributed by atoms with Gasteiger partial charge in [0.25, 0.3) is 0 Å². The van der Waals surface area contributed by atoms with Gasteiger partial charge in [0.15, 0.2) is 0 Å². The van der Waals surface area contributed by atoms with Crippen LogP contribution in [0.4, 0.5) is 13.2 Å². The van der Waals surface area contributed by atoms with Gasteiger partial charge in [-0.25, -0.2) is 0 Å². The van der Waals surface area contributed by atoms with Gasteiger partial charge in [-0.1, -0.05) is 33.1 Å². The number of alkyl halides is 3. The SMILES string of the molecule is CCNC(C1CCCC(CC)C1)C(F)(F)F. The minimum atomic E-state index is -4.10. The zero-order chi connectivity index (χ0) is 12.2. The molecule has 3 unspecified atom stereocenters. The zero-order valence-electron chi connectivity index (χ0n) is 10.1. The summed E-state index contributed by atoms with van der Waals surface area (Å²) in [5.41, 5.74) is 0. The Bertz CT molecular complexity index is 203. The van der Waals surface area contributed by atoms with Crippen LogP contribution in [-0.4, -0.2) is 18.8 Å². The average molecular weight is 237 g/mol. The standard InChI is InChI=1S/C12H22F3N/c1-3-9-6-5-7-10(8-9)11(16-4-2)12(13,14)15/h9-11,16H,3-8H2,1-2H3. The van der Waals surface area contributed by atoms with Gasteiger partial charge in [-0.15, -0.1) is 0 Å². The second-order valence-corrected chi connectivity index (χ2v) is 4.78. The molecule has 1 aliphatic carbocycles. The van der Waals surface area contributed by atoms with Gasteiger partial charge < -0.3 is 5.32 Å². The minimum Gasteiger partial charge on any atom is -0.306 e. The lowest BCUT2D eigenvalue weighted by Crippen LogP contribution is -2.48. The van der Waals surface area contributed by atoms with E-state index in [0.29, 0.717) is 18.9 Å². The van der Waals surface area contributed by atoms with Gasteiger partial charge in [-0.3, -0.25) is 0 Å². The van der Waals surface area contributed by atoms with Crippen LogP contribution < -0.4 is 5.32 Å². The van der Waals surface area contributed by atoms with E-state index >= 15 is 0 Å². The van der Waals surface area contributed by atoms with Crippen LogP contribution in [0.25, 0.3) is 0 Å². The Morgan fingerprint density at radius 2 is 1.94 bits per heavy atom. The van der Waals surface area contributed by atoms with Crippen molar-refractivity contribution in [1.82, 2.24) is 5.32 Å². The maximum absolute atomic E-state index is 12.9. The van der Waals surface area contributed by atoms with Crippen molar-refractivity contribution in [3.8, 4) is 0 Å². The van der Waals surface area contributed by atoms with Gasteiger partial charge in [0.05, 0.1) is 0 Å². The highest BCUT2D eigenvalue weighted by atomic mass is 19.4. The summed E-state index contributed by atoms with van der Waals surface area (Å²) >= 11 is 0. The van der Waals surface area contributed by atoms with Gasteiger partial charge in [0.1, 0.15) is 6.04 Å². The summed E-state index contributed by atoms with van der Waals surface area (Å²) in [5.74, 6) is 0.265. The maximum atomic E-state index is 12.9. The molecule has 1 nitrogen and oxygen atoms in total. The molecule has 0 amide bonds. The molecule has 0 aromatic rings. The van der Waals surface area contributed by atoms with Crippen LogP contribution >= 0.6 is 0 Å². The predicted octanol–water partition coefficient (Wildman–Crippen LogP) is 3.74. The molecular formula is C12H22F3N. The third-order valence-corrected chi connectivity index (χ3v) is 3.65. The summed E-state index contributed by atoms with van der Waals surface area (Å²) in [4.78, 5) is 0. The van der Waals surface area contributed by atoms with Gasteiger partial charge in [0.2, 0.25) is 0 Å². The summed E-state index contributed by atoms with van der Waals surface area (Å²) < 4.78 is 38.6. The first-order valence-electron chi connectivity index (χ1n) is 6.29. The second kappa shape index (κ2) is 5.89. The fourth-order valence-corrected chi connectivity index (χ4v) is 2.78. The summed E-state index contributed by atoms with van der Waals surface area (Å²) in [6.45, 7) is 4.19. The minimum absolute atomic E-state index is 0.223. The van der Waals surface area contributed by atoms with E-state index in [2.05, 4.69) is 12.2 Å². The summed E-state index contributed by atoms with van der Waals surface area (Å²) in [6.07, 6.45) is 0.399. The molecule has 0 aliphatic heterocycles. The summed E-state index contributed by atoms with van der Waals surface area (Å²) in [5, 5.41) is 2.61. The largest absolute Gasteiger partial charge is 0.404 e. The van der Waals surface area contributed by atoms with Crippen molar-refractivity contribution in [2.75, 3.05) is 6.54 Å². The molecule has 0 heterocycles. The molecule has 0 radical (unpaired) electrons. The smallest absolute Gasteiger partial charge is 0.306 e. The van der Waals surface area contributed by atoms with Crippen LogP contribution in [0.5, 0.6) is 0 Å². The van der Waals surface area contributed by atoms with E-state index in [-0.39, 0.29) is 5.92 Å². The van der Waals surface area contributed by atoms with Crippen molar-refractivity contribution >= 4 is 0 Å². The molecule has 1 saturated carbocycles. The monoisotopic (exact) mass is 237 g/mol. The molecule has 0 saturated heterocycles. The van der Waals surface area contributed by atoms with Crippen LogP contribution in [0, 0.1) is 11.8 Å². The van der Waals surface area contributed by atoms with Crippen LogP contribution in [0.2, 0.25) is 0 Å². The first kappa shape index (κ1) is 13.8. The van der Waals surface area contributed by atoms with Crippen molar-refractivity contribution in [2.24, 2.45) is 11.8 Å². The van der Waals surface area contributed by atoms with Gasteiger partial charge in [-0.2, -0.15) is 13.2 Å². The van der Waals surface area contributed by atoms with Crippen molar-refractivity contribution in [1.29, 1.82) is 0 Å². The molecule has 1 aliphatic rings. The van der Waals surface area contributed by atoms with E-state index in [0.717, 1.165) is 25.7 Å². The predicted molar refractivity (Wildman–Crippen MR) is 59.3 cm³/mol. The lowest BCUT2D eigenvalue weighted by atomic mass is 9.76. The number of hydrogen-bond donors (Lipinski definition) is 1. The lowest BCUT2D eigenvalue weighted by Gasteiger charge is -2.35. The highest BCUT2D eigenvalue weighted by molar-refractivity contribution is 4.86. The van der Waals surface area contributed by atoms with Crippen LogP contribution in [0.3, 0.4) is 0 Å². The Morgan fingerprint density at radius 3 is 2.44 bits per heavy atom. The van der Waals surface area contributed by atoms with E-state index in [1.54, 1.807) is 6.92 Å². The Hall–Kier alpha value is -0.250. The maximum Gasteiger partial charge on any atom is 0.404 e. The highest BCUT2D eigenvalue weighted by Crippen LogP contribution is 2.37. The van der Waals surface area contributed by atoms with Crippen LogP contribution in [0.1, 0.15) is 46.0 Å². The quantitative estimate of drug-likeness (QED) is 0.785. The molecule has 0 bridgehead atoms. The fourth-order valence-electron chi connectivity index (χ4n) is 2.78. The highest BCUT2D eigenvalue weighted by Gasteiger charge is 2.44. The number of nitrogens with one attached hydrogen (secondary N) is 1. The second-order valence-electron chi connectivity index (χ2n) is 4.78. The van der Waals surface area contributed by atoms with E-state index in [1.165, 1.54) is 0 Å². The number of rotatable bonds is 4. The number of hydrogen-bond acceptors (Lipinski definition) is 1. The molecule has 96 valence electrons.